The van der Waals surface area contributed by atoms with Gasteiger partial charge in [-0.05, 0) is 0 Å². The molecule has 3 rings (SSSR count). The first-order valence-electron chi connectivity index (χ1n) is 6.56. The summed E-state index contributed by atoms with van der Waals surface area (Å²) in [6.07, 6.45) is 0. The maximum absolute atomic E-state index is 4.51. The van der Waals surface area contributed by atoms with Gasteiger partial charge in [-0.15, -0.1) is 0 Å². The second kappa shape index (κ2) is 5.03. The summed E-state index contributed by atoms with van der Waals surface area (Å²) in [7, 11) is 1.98. The first-order valence-corrected chi connectivity index (χ1v) is 8.09. The number of aryl methyl sites for hydroxylation is 2. The fourth-order valence-electron chi connectivity index (χ4n) is 2.64. The van der Waals surface area contributed by atoms with Crippen molar-refractivity contribution in [3.63, 3.8) is 0 Å². The molecule has 1 atom stereocenters. The molecule has 0 fully saturated rings. The van der Waals surface area contributed by atoms with Crippen molar-refractivity contribution in [3.8, 4) is 0 Å². The Hall–Kier alpha value is -1.65. The van der Waals surface area contributed by atoms with Crippen LogP contribution in [-0.2, 0) is 7.05 Å². The van der Waals surface area contributed by atoms with Gasteiger partial charge in [0, 0.05) is 0 Å². The van der Waals surface area contributed by atoms with Crippen LogP contribution in [0.25, 0.3) is 11.0 Å². The number of anilines is 1. The second-order valence-electron chi connectivity index (χ2n) is 5.01. The predicted octanol–water partition coefficient (Wildman–Crippen LogP) is 2.21. The zero-order chi connectivity index (χ0) is 14.3. The van der Waals surface area contributed by atoms with Crippen LogP contribution in [-0.4, -0.2) is 32.7 Å². The second-order valence-corrected chi connectivity index (χ2v) is 6.12. The van der Waals surface area contributed by atoms with Gasteiger partial charge in [-0.1, -0.05) is 0 Å². The Kier molecular flexibility index (Phi) is 3.36. The standard InChI is InChI=1S/C14H17N5Se/c1-8(13-9(2)16-19(4)10(13)3)15-11-6-5-7-12-14(11)18-20-17-12/h5-8,15H,1-4H3. The first-order chi connectivity index (χ1) is 9.58. The van der Waals surface area contributed by atoms with Gasteiger partial charge in [0.15, 0.2) is 0 Å². The first kappa shape index (κ1) is 13.3. The van der Waals surface area contributed by atoms with E-state index in [4.69, 9.17) is 0 Å². The molecule has 6 heteroatoms. The van der Waals surface area contributed by atoms with Gasteiger partial charge in [0.1, 0.15) is 0 Å². The van der Waals surface area contributed by atoms with Crippen molar-refractivity contribution >= 4 is 31.7 Å². The predicted molar refractivity (Wildman–Crippen MR) is 81.2 cm³/mol. The minimum atomic E-state index is 0.00346. The number of nitrogens with one attached hydrogen (secondary N) is 1. The molecule has 2 aromatic heterocycles. The Morgan fingerprint density at radius 1 is 1.25 bits per heavy atom. The van der Waals surface area contributed by atoms with Crippen molar-refractivity contribution in [1.82, 2.24) is 17.7 Å². The van der Waals surface area contributed by atoms with E-state index in [0.717, 1.165) is 22.4 Å². The molecule has 1 unspecified atom stereocenters. The van der Waals surface area contributed by atoms with E-state index in [1.165, 1.54) is 11.3 Å². The Morgan fingerprint density at radius 2 is 2.05 bits per heavy atom. The molecule has 0 spiro atoms. The Labute approximate surface area is 124 Å². The molecule has 2 heterocycles. The normalized spacial score (nSPS) is 12.8. The summed E-state index contributed by atoms with van der Waals surface area (Å²) in [4.78, 5) is 0. The van der Waals surface area contributed by atoms with Gasteiger partial charge in [0.05, 0.1) is 0 Å². The maximum atomic E-state index is 4.51. The van der Waals surface area contributed by atoms with Gasteiger partial charge in [0.25, 0.3) is 0 Å². The van der Waals surface area contributed by atoms with Crippen LogP contribution in [0.5, 0.6) is 0 Å². The number of hydrogen-bond acceptors (Lipinski definition) is 4. The molecule has 0 saturated carbocycles. The van der Waals surface area contributed by atoms with E-state index in [0.29, 0.717) is 0 Å². The third-order valence-electron chi connectivity index (χ3n) is 3.66. The van der Waals surface area contributed by atoms with Gasteiger partial charge >= 0.3 is 124 Å². The topological polar surface area (TPSA) is 55.6 Å². The van der Waals surface area contributed by atoms with Crippen molar-refractivity contribution in [3.05, 3.63) is 35.2 Å². The van der Waals surface area contributed by atoms with Crippen molar-refractivity contribution in [2.24, 2.45) is 7.05 Å². The quantitative estimate of drug-likeness (QED) is 0.746. The molecule has 104 valence electrons. The van der Waals surface area contributed by atoms with Crippen molar-refractivity contribution in [2.45, 2.75) is 26.8 Å². The fourth-order valence-corrected chi connectivity index (χ4v) is 3.80. The summed E-state index contributed by atoms with van der Waals surface area (Å²) in [5.41, 5.74) is 6.58. The number of rotatable bonds is 3. The molecule has 0 aliphatic heterocycles. The summed E-state index contributed by atoms with van der Waals surface area (Å²) in [5, 5.41) is 8.04. The summed E-state index contributed by atoms with van der Waals surface area (Å²) >= 11 is 0.00346. The van der Waals surface area contributed by atoms with Crippen LogP contribution < -0.4 is 5.32 Å². The molecule has 1 N–H and O–H groups in total. The third-order valence-corrected chi connectivity index (χ3v) is 4.79. The van der Waals surface area contributed by atoms with E-state index in [1.54, 1.807) is 0 Å². The number of aromatic nitrogens is 4. The molecule has 0 saturated heterocycles. The zero-order valence-electron chi connectivity index (χ0n) is 12.0. The van der Waals surface area contributed by atoms with Crippen molar-refractivity contribution in [1.29, 1.82) is 0 Å². The van der Waals surface area contributed by atoms with E-state index in [2.05, 4.69) is 45.2 Å². The van der Waals surface area contributed by atoms with Crippen LogP contribution in [0.15, 0.2) is 18.2 Å². The number of fused-ring (bicyclic) bond motifs is 1. The van der Waals surface area contributed by atoms with Crippen LogP contribution in [0, 0.1) is 13.8 Å². The molecule has 1 aromatic carbocycles. The zero-order valence-corrected chi connectivity index (χ0v) is 13.7. The molecule has 0 radical (unpaired) electrons. The molecule has 0 bridgehead atoms. The molecule has 0 aliphatic carbocycles. The summed E-state index contributed by atoms with van der Waals surface area (Å²) < 4.78 is 10.9. The Morgan fingerprint density at radius 3 is 2.75 bits per heavy atom. The van der Waals surface area contributed by atoms with Crippen LogP contribution >= 0.6 is 0 Å². The summed E-state index contributed by atoms with van der Waals surface area (Å²) in [6, 6.07) is 6.30. The molecule has 0 aliphatic rings. The number of benzene rings is 1. The van der Waals surface area contributed by atoms with Crippen LogP contribution in [0.4, 0.5) is 5.69 Å². The molecule has 0 amide bonds. The third kappa shape index (κ3) is 2.15. The van der Waals surface area contributed by atoms with Crippen molar-refractivity contribution < 1.29 is 0 Å². The summed E-state index contributed by atoms with van der Waals surface area (Å²) in [5.74, 6) is 0. The van der Waals surface area contributed by atoms with E-state index < -0.39 is 0 Å². The van der Waals surface area contributed by atoms with Gasteiger partial charge in [-0.2, -0.15) is 0 Å². The SMILES string of the molecule is Cc1nn(C)c(C)c1C(C)Nc1cccc2n[se]nc12. The molecule has 5 nitrogen and oxygen atoms in total. The van der Waals surface area contributed by atoms with E-state index >= 15 is 0 Å². The molecular weight excluding hydrogens is 317 g/mol. The Balaban J connectivity index is 1.96. The Bertz CT molecular complexity index is 758. The molecule has 3 aromatic rings. The monoisotopic (exact) mass is 335 g/mol. The fraction of sp³-hybridized carbons (Fsp3) is 0.357. The van der Waals surface area contributed by atoms with Gasteiger partial charge in [-0.25, -0.2) is 0 Å². The molecular formula is C14H17N5Se. The van der Waals surface area contributed by atoms with Gasteiger partial charge in [0.2, 0.25) is 0 Å². The average molecular weight is 334 g/mol. The molecule has 20 heavy (non-hydrogen) atoms. The van der Waals surface area contributed by atoms with Crippen molar-refractivity contribution in [2.75, 3.05) is 5.32 Å². The van der Waals surface area contributed by atoms with Crippen LogP contribution in [0.1, 0.15) is 29.9 Å². The average Bonchev–Trinajstić information content (AvgIpc) is 2.96. The van der Waals surface area contributed by atoms with Crippen LogP contribution in [0.3, 0.4) is 0 Å². The van der Waals surface area contributed by atoms with Crippen LogP contribution in [0.2, 0.25) is 0 Å². The van der Waals surface area contributed by atoms with E-state index in [-0.39, 0.29) is 21.0 Å². The number of hydrogen-bond donors (Lipinski definition) is 1. The number of nitrogens with zero attached hydrogens (tertiary/aromatic N) is 4. The summed E-state index contributed by atoms with van der Waals surface area (Å²) in [6.45, 7) is 6.32. The van der Waals surface area contributed by atoms with E-state index in [1.807, 2.05) is 23.9 Å². The van der Waals surface area contributed by atoms with E-state index in [9.17, 15) is 0 Å². The van der Waals surface area contributed by atoms with Gasteiger partial charge in [-0.3, -0.25) is 0 Å². The minimum absolute atomic E-state index is 0.00346. The van der Waals surface area contributed by atoms with Gasteiger partial charge < -0.3 is 0 Å².